The van der Waals surface area contributed by atoms with E-state index in [1.165, 1.54) is 0 Å². The van der Waals surface area contributed by atoms with Crippen LogP contribution in [0.15, 0.2) is 72.8 Å². The quantitative estimate of drug-likeness (QED) is 0.432. The van der Waals surface area contributed by atoms with Gasteiger partial charge in [-0.3, -0.25) is 9.59 Å². The molecule has 1 aliphatic rings. The van der Waals surface area contributed by atoms with Crippen molar-refractivity contribution in [1.29, 1.82) is 0 Å². The summed E-state index contributed by atoms with van der Waals surface area (Å²) in [5.41, 5.74) is 4.48. The van der Waals surface area contributed by atoms with Crippen LogP contribution in [0.25, 0.3) is 0 Å². The molecule has 0 spiro atoms. The smallest absolute Gasteiger partial charge is 0.265 e. The molecule has 0 saturated heterocycles. The minimum absolute atomic E-state index is 0.00980. The average molecular weight is 500 g/mol. The molecule has 0 atom stereocenters. The van der Waals surface area contributed by atoms with Gasteiger partial charge < -0.3 is 19.4 Å². The standard InChI is InChI=1S/C31H37N3O3/c1-31(2,3)26-14-15-28-27(19-26)34(29(35)22-37-28)21-24-12-9-13-25(18-24)30(36)33(17-16-32(4)5)20-23-10-7-6-8-11-23/h6-15,18-19H,16-17,20-22H2,1-5H3. The Hall–Kier alpha value is -3.64. The van der Waals surface area contributed by atoms with Crippen LogP contribution in [0.4, 0.5) is 5.69 Å². The summed E-state index contributed by atoms with van der Waals surface area (Å²) in [6.45, 7) is 8.77. The number of hydrogen-bond acceptors (Lipinski definition) is 4. The molecule has 194 valence electrons. The number of carbonyl (C=O) groups excluding carboxylic acids is 2. The lowest BCUT2D eigenvalue weighted by Gasteiger charge is -2.31. The van der Waals surface area contributed by atoms with Gasteiger partial charge in [-0.15, -0.1) is 0 Å². The molecular weight excluding hydrogens is 462 g/mol. The van der Waals surface area contributed by atoms with Crippen LogP contribution in [0.2, 0.25) is 0 Å². The SMILES string of the molecule is CN(C)CCN(Cc1ccccc1)C(=O)c1cccc(CN2C(=O)COc3ccc(C(C)(C)C)cc32)c1. The Morgan fingerprint density at radius 1 is 0.919 bits per heavy atom. The Kier molecular flexibility index (Phi) is 7.98. The highest BCUT2D eigenvalue weighted by Crippen LogP contribution is 2.37. The van der Waals surface area contributed by atoms with E-state index in [4.69, 9.17) is 4.74 Å². The van der Waals surface area contributed by atoms with Crippen molar-refractivity contribution in [2.45, 2.75) is 39.3 Å². The Morgan fingerprint density at radius 3 is 2.35 bits per heavy atom. The molecule has 0 fully saturated rings. The Morgan fingerprint density at radius 2 is 1.65 bits per heavy atom. The highest BCUT2D eigenvalue weighted by molar-refractivity contribution is 5.98. The second kappa shape index (κ2) is 11.2. The molecule has 4 rings (SSSR count). The maximum atomic E-state index is 13.6. The van der Waals surface area contributed by atoms with Crippen LogP contribution >= 0.6 is 0 Å². The van der Waals surface area contributed by atoms with Gasteiger partial charge in [0.1, 0.15) is 5.75 Å². The Labute approximate surface area is 220 Å². The summed E-state index contributed by atoms with van der Waals surface area (Å²) in [5, 5.41) is 0. The van der Waals surface area contributed by atoms with E-state index in [9.17, 15) is 9.59 Å². The van der Waals surface area contributed by atoms with E-state index in [-0.39, 0.29) is 23.8 Å². The molecule has 0 N–H and O–H groups in total. The number of ether oxygens (including phenoxy) is 1. The molecule has 3 aromatic rings. The molecule has 6 nitrogen and oxygen atoms in total. The summed E-state index contributed by atoms with van der Waals surface area (Å²) in [7, 11) is 4.02. The first-order chi connectivity index (χ1) is 17.6. The number of carbonyl (C=O) groups is 2. The fourth-order valence-corrected chi connectivity index (χ4v) is 4.39. The van der Waals surface area contributed by atoms with Gasteiger partial charge in [0.25, 0.3) is 11.8 Å². The van der Waals surface area contributed by atoms with Gasteiger partial charge in [0.15, 0.2) is 6.61 Å². The molecule has 0 aliphatic carbocycles. The summed E-state index contributed by atoms with van der Waals surface area (Å²) in [6.07, 6.45) is 0. The monoisotopic (exact) mass is 499 g/mol. The van der Waals surface area contributed by atoms with E-state index in [1.54, 1.807) is 4.90 Å². The number of amides is 2. The molecule has 0 unspecified atom stereocenters. The number of nitrogens with zero attached hydrogens (tertiary/aromatic N) is 3. The fourth-order valence-electron chi connectivity index (χ4n) is 4.39. The number of likely N-dealkylation sites (N-methyl/N-ethyl adjacent to an activating group) is 1. The van der Waals surface area contributed by atoms with Crippen molar-refractivity contribution in [2.24, 2.45) is 0 Å². The summed E-state index contributed by atoms with van der Waals surface area (Å²) in [6, 6.07) is 23.7. The van der Waals surface area contributed by atoms with Gasteiger partial charge in [0.2, 0.25) is 0 Å². The van der Waals surface area contributed by atoms with Crippen LogP contribution in [0.3, 0.4) is 0 Å². The summed E-state index contributed by atoms with van der Waals surface area (Å²) >= 11 is 0. The van der Waals surface area contributed by atoms with E-state index in [2.05, 4.69) is 31.7 Å². The molecule has 3 aromatic carbocycles. The molecule has 1 heterocycles. The van der Waals surface area contributed by atoms with E-state index < -0.39 is 0 Å². The normalized spacial score (nSPS) is 13.4. The Bertz CT molecular complexity index is 1250. The van der Waals surface area contributed by atoms with Gasteiger partial charge in [-0.25, -0.2) is 0 Å². The van der Waals surface area contributed by atoms with Crippen molar-refractivity contribution < 1.29 is 14.3 Å². The van der Waals surface area contributed by atoms with E-state index in [0.717, 1.165) is 28.9 Å². The second-order valence-electron chi connectivity index (χ2n) is 10.9. The van der Waals surface area contributed by atoms with Gasteiger partial charge in [-0.2, -0.15) is 0 Å². The molecule has 0 radical (unpaired) electrons. The highest BCUT2D eigenvalue weighted by atomic mass is 16.5. The van der Waals surface area contributed by atoms with E-state index in [0.29, 0.717) is 30.9 Å². The first-order valence-corrected chi connectivity index (χ1v) is 12.8. The maximum absolute atomic E-state index is 13.6. The van der Waals surface area contributed by atoms with Crippen molar-refractivity contribution in [1.82, 2.24) is 9.80 Å². The zero-order valence-electron chi connectivity index (χ0n) is 22.5. The first-order valence-electron chi connectivity index (χ1n) is 12.8. The molecule has 1 aliphatic heterocycles. The third-order valence-electron chi connectivity index (χ3n) is 6.60. The molecule has 0 saturated carbocycles. The topological polar surface area (TPSA) is 53.1 Å². The zero-order chi connectivity index (χ0) is 26.6. The summed E-state index contributed by atoms with van der Waals surface area (Å²) < 4.78 is 5.71. The molecular formula is C31H37N3O3. The second-order valence-corrected chi connectivity index (χ2v) is 10.9. The lowest BCUT2D eigenvalue weighted by Crippen LogP contribution is -2.38. The van der Waals surface area contributed by atoms with Crippen molar-refractivity contribution >= 4 is 17.5 Å². The minimum Gasteiger partial charge on any atom is -0.482 e. The van der Waals surface area contributed by atoms with Gasteiger partial charge in [0.05, 0.1) is 12.2 Å². The number of rotatable bonds is 8. The molecule has 0 bridgehead atoms. The minimum atomic E-state index is -0.0908. The van der Waals surface area contributed by atoms with E-state index in [1.807, 2.05) is 85.7 Å². The van der Waals surface area contributed by atoms with Gasteiger partial charge in [-0.05, 0) is 60.5 Å². The molecule has 0 aromatic heterocycles. The molecule has 37 heavy (non-hydrogen) atoms. The third-order valence-corrected chi connectivity index (χ3v) is 6.60. The predicted molar refractivity (Wildman–Crippen MR) is 148 cm³/mol. The highest BCUT2D eigenvalue weighted by Gasteiger charge is 2.28. The lowest BCUT2D eigenvalue weighted by molar-refractivity contribution is -0.121. The van der Waals surface area contributed by atoms with Crippen LogP contribution in [0.5, 0.6) is 5.75 Å². The Balaban J connectivity index is 1.59. The number of anilines is 1. The van der Waals surface area contributed by atoms with Crippen molar-refractivity contribution in [2.75, 3.05) is 38.7 Å². The molecule has 6 heteroatoms. The summed E-state index contributed by atoms with van der Waals surface area (Å²) in [5.74, 6) is 0.598. The van der Waals surface area contributed by atoms with Crippen LogP contribution < -0.4 is 9.64 Å². The van der Waals surface area contributed by atoms with Gasteiger partial charge in [0, 0.05) is 25.2 Å². The number of hydrogen-bond donors (Lipinski definition) is 0. The van der Waals surface area contributed by atoms with Crippen molar-refractivity contribution in [3.8, 4) is 5.75 Å². The number of fused-ring (bicyclic) bond motifs is 1. The zero-order valence-corrected chi connectivity index (χ0v) is 22.5. The van der Waals surface area contributed by atoms with Crippen LogP contribution in [0.1, 0.15) is 47.8 Å². The summed E-state index contributed by atoms with van der Waals surface area (Å²) in [4.78, 5) is 32.3. The largest absolute Gasteiger partial charge is 0.482 e. The number of benzene rings is 3. The fraction of sp³-hybridized carbons (Fsp3) is 0.355. The van der Waals surface area contributed by atoms with Gasteiger partial charge in [-0.1, -0.05) is 69.3 Å². The predicted octanol–water partition coefficient (Wildman–Crippen LogP) is 5.11. The average Bonchev–Trinajstić information content (AvgIpc) is 2.87. The lowest BCUT2D eigenvalue weighted by atomic mass is 9.86. The maximum Gasteiger partial charge on any atom is 0.265 e. The van der Waals surface area contributed by atoms with E-state index >= 15 is 0 Å². The third kappa shape index (κ3) is 6.57. The van der Waals surface area contributed by atoms with Gasteiger partial charge >= 0.3 is 0 Å². The van der Waals surface area contributed by atoms with Crippen molar-refractivity contribution in [3.63, 3.8) is 0 Å². The van der Waals surface area contributed by atoms with Crippen LogP contribution in [-0.2, 0) is 23.3 Å². The van der Waals surface area contributed by atoms with Crippen LogP contribution in [0, 0.1) is 0 Å². The first kappa shape index (κ1) is 26.4. The van der Waals surface area contributed by atoms with Crippen molar-refractivity contribution in [3.05, 3.63) is 95.1 Å². The molecule has 2 amide bonds. The van der Waals surface area contributed by atoms with Crippen LogP contribution in [-0.4, -0.2) is 55.4 Å².